The standard InChI is InChI=1S/C14H14ClN3O/c1-2-18(11-5-3-10(16)4-6-11)14(19)12-7-8-17-9-13(12)15/h3-9H,2,16H2,1H3. The van der Waals surface area contributed by atoms with Gasteiger partial charge in [0, 0.05) is 30.3 Å². The summed E-state index contributed by atoms with van der Waals surface area (Å²) in [5.74, 6) is -0.153. The molecule has 0 saturated carbocycles. The lowest BCUT2D eigenvalue weighted by atomic mass is 10.2. The summed E-state index contributed by atoms with van der Waals surface area (Å²) in [6, 6.07) is 8.77. The fraction of sp³-hybridized carbons (Fsp3) is 0.143. The average Bonchev–Trinajstić information content (AvgIpc) is 2.42. The molecule has 1 aromatic heterocycles. The zero-order valence-electron chi connectivity index (χ0n) is 10.5. The quantitative estimate of drug-likeness (QED) is 0.876. The largest absolute Gasteiger partial charge is 0.399 e. The van der Waals surface area contributed by atoms with Gasteiger partial charge in [0.2, 0.25) is 0 Å². The maximum absolute atomic E-state index is 12.5. The summed E-state index contributed by atoms with van der Waals surface area (Å²) in [5, 5.41) is 0.349. The second kappa shape index (κ2) is 5.71. The first-order valence-corrected chi connectivity index (χ1v) is 6.28. The van der Waals surface area contributed by atoms with Crippen molar-refractivity contribution in [2.24, 2.45) is 0 Å². The molecule has 0 bridgehead atoms. The molecule has 19 heavy (non-hydrogen) atoms. The molecule has 0 aliphatic rings. The number of hydrogen-bond donors (Lipinski definition) is 1. The third-order valence-electron chi connectivity index (χ3n) is 2.77. The first kappa shape index (κ1) is 13.4. The number of amides is 1. The van der Waals surface area contributed by atoms with Crippen LogP contribution in [0.15, 0.2) is 42.7 Å². The number of carbonyl (C=O) groups is 1. The van der Waals surface area contributed by atoms with Crippen molar-refractivity contribution in [2.75, 3.05) is 17.2 Å². The van der Waals surface area contributed by atoms with Crippen LogP contribution in [-0.4, -0.2) is 17.4 Å². The van der Waals surface area contributed by atoms with Gasteiger partial charge in [0.1, 0.15) is 0 Å². The first-order chi connectivity index (χ1) is 9.13. The number of aromatic nitrogens is 1. The summed E-state index contributed by atoms with van der Waals surface area (Å²) in [6.07, 6.45) is 3.02. The normalized spacial score (nSPS) is 10.2. The Labute approximate surface area is 116 Å². The van der Waals surface area contributed by atoms with E-state index in [0.717, 1.165) is 5.69 Å². The first-order valence-electron chi connectivity index (χ1n) is 5.90. The molecule has 0 unspecified atom stereocenters. The Bertz CT molecular complexity index is 583. The summed E-state index contributed by atoms with van der Waals surface area (Å²) in [4.78, 5) is 18.0. The average molecular weight is 276 g/mol. The summed E-state index contributed by atoms with van der Waals surface area (Å²) in [5.41, 5.74) is 7.53. The van der Waals surface area contributed by atoms with E-state index in [1.165, 1.54) is 6.20 Å². The number of pyridine rings is 1. The highest BCUT2D eigenvalue weighted by Gasteiger charge is 2.18. The fourth-order valence-corrected chi connectivity index (χ4v) is 1.99. The molecule has 0 aliphatic heterocycles. The van der Waals surface area contributed by atoms with Crippen LogP contribution < -0.4 is 10.6 Å². The summed E-state index contributed by atoms with van der Waals surface area (Å²) >= 11 is 6.00. The van der Waals surface area contributed by atoms with Crippen LogP contribution >= 0.6 is 11.6 Å². The van der Waals surface area contributed by atoms with Crippen molar-refractivity contribution in [3.8, 4) is 0 Å². The highest BCUT2D eigenvalue weighted by Crippen LogP contribution is 2.21. The Morgan fingerprint density at radius 2 is 2.00 bits per heavy atom. The molecule has 0 aliphatic carbocycles. The molecule has 2 N–H and O–H groups in total. The van der Waals surface area contributed by atoms with Gasteiger partial charge in [0.25, 0.3) is 5.91 Å². The number of nitrogen functional groups attached to an aromatic ring is 1. The molecule has 0 spiro atoms. The molecule has 2 aromatic rings. The van der Waals surface area contributed by atoms with Gasteiger partial charge in [-0.05, 0) is 37.3 Å². The molecule has 0 saturated heterocycles. The highest BCUT2D eigenvalue weighted by atomic mass is 35.5. The zero-order valence-corrected chi connectivity index (χ0v) is 11.3. The van der Waals surface area contributed by atoms with Crippen LogP contribution in [0.3, 0.4) is 0 Å². The van der Waals surface area contributed by atoms with E-state index in [0.29, 0.717) is 22.8 Å². The lowest BCUT2D eigenvalue weighted by Crippen LogP contribution is -2.30. The number of benzene rings is 1. The van der Waals surface area contributed by atoms with E-state index in [4.69, 9.17) is 17.3 Å². The van der Waals surface area contributed by atoms with Gasteiger partial charge < -0.3 is 10.6 Å². The van der Waals surface area contributed by atoms with E-state index in [-0.39, 0.29) is 5.91 Å². The van der Waals surface area contributed by atoms with Crippen molar-refractivity contribution in [1.29, 1.82) is 0 Å². The summed E-state index contributed by atoms with van der Waals surface area (Å²) in [7, 11) is 0. The molecule has 1 heterocycles. The lowest BCUT2D eigenvalue weighted by molar-refractivity contribution is 0.0988. The number of halogens is 1. The number of rotatable bonds is 3. The summed E-state index contributed by atoms with van der Waals surface area (Å²) < 4.78 is 0. The minimum absolute atomic E-state index is 0.153. The van der Waals surface area contributed by atoms with Crippen LogP contribution in [0.25, 0.3) is 0 Å². The number of carbonyl (C=O) groups excluding carboxylic acids is 1. The van der Waals surface area contributed by atoms with Crippen molar-refractivity contribution in [1.82, 2.24) is 4.98 Å². The van der Waals surface area contributed by atoms with Gasteiger partial charge in [-0.3, -0.25) is 9.78 Å². The maximum Gasteiger partial charge on any atom is 0.259 e. The van der Waals surface area contributed by atoms with Gasteiger partial charge in [0.15, 0.2) is 0 Å². The van der Waals surface area contributed by atoms with E-state index in [1.807, 2.05) is 19.1 Å². The van der Waals surface area contributed by atoms with Gasteiger partial charge >= 0.3 is 0 Å². The molecule has 5 heteroatoms. The molecular weight excluding hydrogens is 262 g/mol. The minimum Gasteiger partial charge on any atom is -0.399 e. The maximum atomic E-state index is 12.5. The Balaban J connectivity index is 2.35. The van der Waals surface area contributed by atoms with Crippen LogP contribution in [0, 0.1) is 0 Å². The molecule has 1 amide bonds. The predicted octanol–water partition coefficient (Wildman–Crippen LogP) is 2.98. The van der Waals surface area contributed by atoms with Gasteiger partial charge in [0.05, 0.1) is 10.6 Å². The fourth-order valence-electron chi connectivity index (χ4n) is 1.79. The molecule has 2 rings (SSSR count). The van der Waals surface area contributed by atoms with Crippen molar-refractivity contribution in [3.05, 3.63) is 53.3 Å². The van der Waals surface area contributed by atoms with Crippen LogP contribution in [0.5, 0.6) is 0 Å². The van der Waals surface area contributed by atoms with Crippen LogP contribution in [-0.2, 0) is 0 Å². The Hall–Kier alpha value is -2.07. The molecular formula is C14H14ClN3O. The minimum atomic E-state index is -0.153. The third kappa shape index (κ3) is 2.85. The zero-order chi connectivity index (χ0) is 13.8. The van der Waals surface area contributed by atoms with Crippen molar-refractivity contribution < 1.29 is 4.79 Å². The Morgan fingerprint density at radius 1 is 1.32 bits per heavy atom. The number of anilines is 2. The van der Waals surface area contributed by atoms with Crippen molar-refractivity contribution in [2.45, 2.75) is 6.92 Å². The van der Waals surface area contributed by atoms with Gasteiger partial charge in [-0.1, -0.05) is 11.6 Å². The second-order valence-electron chi connectivity index (χ2n) is 4.00. The SMILES string of the molecule is CCN(C(=O)c1ccncc1Cl)c1ccc(N)cc1. The smallest absolute Gasteiger partial charge is 0.259 e. The second-order valence-corrected chi connectivity index (χ2v) is 4.40. The van der Waals surface area contributed by atoms with E-state index in [1.54, 1.807) is 29.3 Å². The van der Waals surface area contributed by atoms with Gasteiger partial charge in [-0.15, -0.1) is 0 Å². The Kier molecular flexibility index (Phi) is 4.02. The highest BCUT2D eigenvalue weighted by molar-refractivity contribution is 6.34. The summed E-state index contributed by atoms with van der Waals surface area (Å²) in [6.45, 7) is 2.45. The number of hydrogen-bond acceptors (Lipinski definition) is 3. The molecule has 0 fully saturated rings. The van der Waals surface area contributed by atoms with Crippen molar-refractivity contribution in [3.63, 3.8) is 0 Å². The Morgan fingerprint density at radius 3 is 2.58 bits per heavy atom. The number of nitrogens with two attached hydrogens (primary N) is 1. The van der Waals surface area contributed by atoms with Crippen LogP contribution in [0.2, 0.25) is 5.02 Å². The predicted molar refractivity (Wildman–Crippen MR) is 77.5 cm³/mol. The van der Waals surface area contributed by atoms with E-state index in [9.17, 15) is 4.79 Å². The van der Waals surface area contributed by atoms with Crippen molar-refractivity contribution >= 4 is 28.9 Å². The third-order valence-corrected chi connectivity index (χ3v) is 3.07. The topological polar surface area (TPSA) is 59.2 Å². The van der Waals surface area contributed by atoms with Crippen LogP contribution in [0.1, 0.15) is 17.3 Å². The molecule has 98 valence electrons. The lowest BCUT2D eigenvalue weighted by Gasteiger charge is -2.21. The molecule has 0 radical (unpaired) electrons. The number of nitrogens with zero attached hydrogens (tertiary/aromatic N) is 2. The molecule has 1 aromatic carbocycles. The van der Waals surface area contributed by atoms with E-state index in [2.05, 4.69) is 4.98 Å². The molecule has 4 nitrogen and oxygen atoms in total. The van der Waals surface area contributed by atoms with E-state index < -0.39 is 0 Å². The van der Waals surface area contributed by atoms with E-state index >= 15 is 0 Å². The molecule has 0 atom stereocenters. The van der Waals surface area contributed by atoms with Gasteiger partial charge in [-0.2, -0.15) is 0 Å². The monoisotopic (exact) mass is 275 g/mol. The van der Waals surface area contributed by atoms with Crippen LogP contribution in [0.4, 0.5) is 11.4 Å². The van der Waals surface area contributed by atoms with Gasteiger partial charge in [-0.25, -0.2) is 0 Å².